The van der Waals surface area contributed by atoms with Gasteiger partial charge in [-0.15, -0.1) is 0 Å². The average Bonchev–Trinajstić information content (AvgIpc) is 2.60. The molecular weight excluding hydrogens is 395 g/mol. The van der Waals surface area contributed by atoms with Crippen LogP contribution < -0.4 is 10.7 Å². The second kappa shape index (κ2) is 8.88. The minimum Gasteiger partial charge on any atom is -0.326 e. The molecule has 0 heterocycles. The van der Waals surface area contributed by atoms with Gasteiger partial charge < -0.3 is 5.32 Å². The Kier molecular flexibility index (Phi) is 6.80. The van der Waals surface area contributed by atoms with Gasteiger partial charge in [-0.2, -0.15) is 18.3 Å². The number of hydrazone groups is 1. The van der Waals surface area contributed by atoms with Crippen molar-refractivity contribution >= 4 is 34.8 Å². The van der Waals surface area contributed by atoms with Gasteiger partial charge in [0, 0.05) is 17.0 Å². The van der Waals surface area contributed by atoms with Crippen LogP contribution in [-0.2, 0) is 11.0 Å². The molecule has 2 aromatic carbocycles. The van der Waals surface area contributed by atoms with E-state index in [4.69, 9.17) is 11.6 Å². The molecule has 9 heteroatoms. The molecule has 0 radical (unpaired) electrons. The standard InChI is InChI=1S/C19H17ClF3N3O2/c1-11-5-3-4-6-14(11)18(28)26-25-12(2)9-17(27)24-13-7-8-16(20)15(10-13)19(21,22)23/h3-8,10H,9H2,1-2H3,(H,24,27)(H,26,28). The lowest BCUT2D eigenvalue weighted by Crippen LogP contribution is -2.22. The summed E-state index contributed by atoms with van der Waals surface area (Å²) in [6.07, 6.45) is -4.84. The first kappa shape index (κ1) is 21.4. The van der Waals surface area contributed by atoms with Crippen LogP contribution in [0.15, 0.2) is 47.6 Å². The van der Waals surface area contributed by atoms with Gasteiger partial charge in [0.2, 0.25) is 5.91 Å². The van der Waals surface area contributed by atoms with Crippen molar-refractivity contribution in [1.82, 2.24) is 5.43 Å². The van der Waals surface area contributed by atoms with E-state index in [0.717, 1.165) is 17.7 Å². The summed E-state index contributed by atoms with van der Waals surface area (Å²) in [5.74, 6) is -1.01. The molecule has 148 valence electrons. The Morgan fingerprint density at radius 3 is 2.46 bits per heavy atom. The van der Waals surface area contributed by atoms with Gasteiger partial charge >= 0.3 is 6.18 Å². The van der Waals surface area contributed by atoms with E-state index >= 15 is 0 Å². The molecule has 2 aromatic rings. The van der Waals surface area contributed by atoms with Crippen LogP contribution in [0, 0.1) is 6.92 Å². The second-order valence-corrected chi connectivity index (χ2v) is 6.43. The Morgan fingerprint density at radius 2 is 1.82 bits per heavy atom. The minimum absolute atomic E-state index is 0.0431. The normalized spacial score (nSPS) is 11.9. The predicted octanol–water partition coefficient (Wildman–Crippen LogP) is 4.80. The average molecular weight is 412 g/mol. The van der Waals surface area contributed by atoms with Crippen molar-refractivity contribution in [2.45, 2.75) is 26.4 Å². The third-order valence-electron chi connectivity index (χ3n) is 3.71. The molecule has 2 N–H and O–H groups in total. The third-order valence-corrected chi connectivity index (χ3v) is 4.04. The number of hydrogen-bond donors (Lipinski definition) is 2. The number of anilines is 1. The quantitative estimate of drug-likeness (QED) is 0.548. The minimum atomic E-state index is -4.63. The van der Waals surface area contributed by atoms with E-state index in [0.29, 0.717) is 5.56 Å². The van der Waals surface area contributed by atoms with Crippen LogP contribution >= 0.6 is 11.6 Å². The van der Waals surface area contributed by atoms with E-state index < -0.39 is 28.6 Å². The lowest BCUT2D eigenvalue weighted by molar-refractivity contribution is -0.137. The fourth-order valence-electron chi connectivity index (χ4n) is 2.33. The number of carbonyl (C=O) groups excluding carboxylic acids is 2. The molecule has 0 bridgehead atoms. The predicted molar refractivity (Wildman–Crippen MR) is 101 cm³/mol. The summed E-state index contributed by atoms with van der Waals surface area (Å²) in [7, 11) is 0. The van der Waals surface area contributed by atoms with Gasteiger partial charge in [-0.3, -0.25) is 9.59 Å². The van der Waals surface area contributed by atoms with Crippen LogP contribution in [0.3, 0.4) is 0 Å². The Balaban J connectivity index is 1.98. The Labute approximate surface area is 164 Å². The molecule has 0 saturated heterocycles. The van der Waals surface area contributed by atoms with Crippen LogP contribution in [0.1, 0.15) is 34.8 Å². The number of aryl methyl sites for hydroxylation is 1. The molecule has 0 aliphatic carbocycles. The second-order valence-electron chi connectivity index (χ2n) is 6.02. The Morgan fingerprint density at radius 1 is 1.14 bits per heavy atom. The molecule has 0 atom stereocenters. The van der Waals surface area contributed by atoms with E-state index in [2.05, 4.69) is 15.8 Å². The fraction of sp³-hybridized carbons (Fsp3) is 0.211. The number of rotatable bonds is 5. The van der Waals surface area contributed by atoms with Gasteiger partial charge in [0.1, 0.15) is 0 Å². The number of carbonyl (C=O) groups is 2. The van der Waals surface area contributed by atoms with Gasteiger partial charge in [-0.25, -0.2) is 5.43 Å². The van der Waals surface area contributed by atoms with Crippen LogP contribution in [-0.4, -0.2) is 17.5 Å². The largest absolute Gasteiger partial charge is 0.417 e. The topological polar surface area (TPSA) is 70.6 Å². The maximum Gasteiger partial charge on any atom is 0.417 e. The van der Waals surface area contributed by atoms with Crippen molar-refractivity contribution in [3.05, 3.63) is 64.2 Å². The van der Waals surface area contributed by atoms with Crippen molar-refractivity contribution in [3.8, 4) is 0 Å². The molecule has 0 saturated carbocycles. The zero-order valence-electron chi connectivity index (χ0n) is 15.0. The monoisotopic (exact) mass is 411 g/mol. The van der Waals surface area contributed by atoms with E-state index in [-0.39, 0.29) is 17.8 Å². The highest BCUT2D eigenvalue weighted by Crippen LogP contribution is 2.36. The lowest BCUT2D eigenvalue weighted by Gasteiger charge is -2.12. The van der Waals surface area contributed by atoms with Gasteiger partial charge in [-0.05, 0) is 43.7 Å². The Bertz CT molecular complexity index is 927. The van der Waals surface area contributed by atoms with E-state index in [1.165, 1.54) is 13.0 Å². The summed E-state index contributed by atoms with van der Waals surface area (Å²) in [6, 6.07) is 10.0. The number of amides is 2. The molecule has 5 nitrogen and oxygen atoms in total. The number of nitrogens with one attached hydrogen (secondary N) is 2. The molecule has 0 aliphatic rings. The lowest BCUT2D eigenvalue weighted by atomic mass is 10.1. The zero-order chi connectivity index (χ0) is 20.9. The van der Waals surface area contributed by atoms with Crippen molar-refractivity contribution in [2.75, 3.05) is 5.32 Å². The van der Waals surface area contributed by atoms with Gasteiger partial charge in [0.15, 0.2) is 0 Å². The Hall–Kier alpha value is -2.87. The molecule has 0 aliphatic heterocycles. The van der Waals surface area contributed by atoms with E-state index in [1.54, 1.807) is 31.2 Å². The molecule has 0 spiro atoms. The highest BCUT2D eigenvalue weighted by Gasteiger charge is 2.33. The summed E-state index contributed by atoms with van der Waals surface area (Å²) in [6.45, 7) is 3.29. The molecular formula is C19H17ClF3N3O2. The summed E-state index contributed by atoms with van der Waals surface area (Å²) in [5.41, 5.74) is 2.77. The summed E-state index contributed by atoms with van der Waals surface area (Å²) >= 11 is 5.54. The van der Waals surface area contributed by atoms with Crippen molar-refractivity contribution < 1.29 is 22.8 Å². The SMILES string of the molecule is CC(CC(=O)Nc1ccc(Cl)c(C(F)(F)F)c1)=NNC(=O)c1ccccc1C. The first-order valence-corrected chi connectivity index (χ1v) is 8.51. The smallest absolute Gasteiger partial charge is 0.326 e. The summed E-state index contributed by atoms with van der Waals surface area (Å²) < 4.78 is 38.6. The fourth-order valence-corrected chi connectivity index (χ4v) is 2.56. The number of alkyl halides is 3. The van der Waals surface area contributed by atoms with E-state index in [9.17, 15) is 22.8 Å². The summed E-state index contributed by atoms with van der Waals surface area (Å²) in [4.78, 5) is 24.1. The number of hydrogen-bond acceptors (Lipinski definition) is 3. The zero-order valence-corrected chi connectivity index (χ0v) is 15.8. The molecule has 0 unspecified atom stereocenters. The van der Waals surface area contributed by atoms with Crippen LogP contribution in [0.5, 0.6) is 0 Å². The maximum absolute atomic E-state index is 12.9. The summed E-state index contributed by atoms with van der Waals surface area (Å²) in [5, 5.41) is 5.74. The highest BCUT2D eigenvalue weighted by molar-refractivity contribution is 6.31. The molecule has 0 fully saturated rings. The van der Waals surface area contributed by atoms with Crippen LogP contribution in [0.4, 0.5) is 18.9 Å². The number of halogens is 4. The molecule has 28 heavy (non-hydrogen) atoms. The van der Waals surface area contributed by atoms with Crippen LogP contribution in [0.25, 0.3) is 0 Å². The van der Waals surface area contributed by atoms with Crippen LogP contribution in [0.2, 0.25) is 5.02 Å². The molecule has 0 aromatic heterocycles. The van der Waals surface area contributed by atoms with Gasteiger partial charge in [0.25, 0.3) is 5.91 Å². The van der Waals surface area contributed by atoms with Crippen molar-refractivity contribution in [2.24, 2.45) is 5.10 Å². The highest BCUT2D eigenvalue weighted by atomic mass is 35.5. The third kappa shape index (κ3) is 5.82. The first-order chi connectivity index (χ1) is 13.1. The number of nitrogens with zero attached hydrogens (tertiary/aromatic N) is 1. The molecule has 2 amide bonds. The maximum atomic E-state index is 12.9. The molecule has 2 rings (SSSR count). The van der Waals surface area contributed by atoms with E-state index in [1.807, 2.05) is 0 Å². The van der Waals surface area contributed by atoms with Gasteiger partial charge in [-0.1, -0.05) is 29.8 Å². The van der Waals surface area contributed by atoms with Gasteiger partial charge in [0.05, 0.1) is 17.0 Å². The van der Waals surface area contributed by atoms with Crippen molar-refractivity contribution in [1.29, 1.82) is 0 Å². The first-order valence-electron chi connectivity index (χ1n) is 8.13. The van der Waals surface area contributed by atoms with Crippen molar-refractivity contribution in [3.63, 3.8) is 0 Å². The number of benzene rings is 2.